The molecule has 0 amide bonds. The van der Waals surface area contributed by atoms with E-state index in [1.807, 2.05) is 18.8 Å². The molecule has 1 heterocycles. The molecule has 0 aliphatic carbocycles. The number of hydrogen-bond donors (Lipinski definition) is 2. The van der Waals surface area contributed by atoms with Gasteiger partial charge in [0.1, 0.15) is 0 Å². The van der Waals surface area contributed by atoms with Crippen molar-refractivity contribution < 1.29 is 5.11 Å². The van der Waals surface area contributed by atoms with Gasteiger partial charge in [-0.2, -0.15) is 0 Å². The number of anilines is 1. The highest BCUT2D eigenvalue weighted by Crippen LogP contribution is 2.35. The molecule has 0 radical (unpaired) electrons. The summed E-state index contributed by atoms with van der Waals surface area (Å²) in [6.45, 7) is 1.72. The summed E-state index contributed by atoms with van der Waals surface area (Å²) < 4.78 is 0. The second kappa shape index (κ2) is 7.86. The average molecular weight is 328 g/mol. The van der Waals surface area contributed by atoms with E-state index in [1.165, 1.54) is 28.2 Å². The van der Waals surface area contributed by atoms with Crippen LogP contribution in [-0.4, -0.2) is 31.1 Å². The Morgan fingerprint density at radius 2 is 1.96 bits per heavy atom. The van der Waals surface area contributed by atoms with Crippen LogP contribution in [0.3, 0.4) is 0 Å². The third-order valence-corrected chi connectivity index (χ3v) is 5.45. The van der Waals surface area contributed by atoms with E-state index in [0.29, 0.717) is 12.6 Å². The lowest BCUT2D eigenvalue weighted by molar-refractivity contribution is 0.304. The molecule has 0 aromatic heterocycles. The van der Waals surface area contributed by atoms with E-state index in [-0.39, 0.29) is 6.61 Å². The molecule has 0 fully saturated rings. The molecule has 1 aliphatic heterocycles. The maximum atomic E-state index is 9.01. The first-order chi connectivity index (χ1) is 11.3. The number of aliphatic hydroxyl groups excluding tert-OH is 1. The van der Waals surface area contributed by atoms with Crippen molar-refractivity contribution in [3.8, 4) is 0 Å². The maximum absolute atomic E-state index is 9.01. The van der Waals surface area contributed by atoms with Crippen LogP contribution in [0.2, 0.25) is 0 Å². The Hall–Kier alpha value is -1.49. The van der Waals surface area contributed by atoms with Gasteiger partial charge in [-0.15, -0.1) is 11.8 Å². The minimum absolute atomic E-state index is 0.179. The molecule has 3 rings (SSSR count). The van der Waals surface area contributed by atoms with Crippen molar-refractivity contribution in [1.82, 2.24) is 5.32 Å². The van der Waals surface area contributed by atoms with Crippen molar-refractivity contribution >= 4 is 17.4 Å². The van der Waals surface area contributed by atoms with Crippen molar-refractivity contribution in [3.05, 3.63) is 59.7 Å². The maximum Gasteiger partial charge on any atom is 0.0606 e. The minimum Gasteiger partial charge on any atom is -0.395 e. The third kappa shape index (κ3) is 4.08. The normalized spacial score (nSPS) is 16.9. The van der Waals surface area contributed by atoms with Crippen molar-refractivity contribution in [3.63, 3.8) is 0 Å². The van der Waals surface area contributed by atoms with Crippen molar-refractivity contribution in [2.45, 2.75) is 23.9 Å². The van der Waals surface area contributed by atoms with Crippen LogP contribution in [0.5, 0.6) is 0 Å². The topological polar surface area (TPSA) is 35.5 Å². The lowest BCUT2D eigenvalue weighted by Crippen LogP contribution is -2.24. The van der Waals surface area contributed by atoms with Gasteiger partial charge in [-0.3, -0.25) is 0 Å². The standard InChI is InChI=1S/C19H24N2OS/c1-21(11-12-22)16-8-6-15(7-9-16)14-20-18-10-13-23-19-5-3-2-4-17(18)19/h2-9,18,20,22H,10-14H2,1H3/t18-/m1/s1. The van der Waals surface area contributed by atoms with Crippen LogP contribution in [0.25, 0.3) is 0 Å². The zero-order chi connectivity index (χ0) is 16.1. The van der Waals surface area contributed by atoms with Gasteiger partial charge in [-0.05, 0) is 41.5 Å². The molecule has 0 saturated heterocycles. The molecule has 1 atom stereocenters. The summed E-state index contributed by atoms with van der Waals surface area (Å²) in [6, 6.07) is 17.7. The van der Waals surface area contributed by atoms with E-state index < -0.39 is 0 Å². The summed E-state index contributed by atoms with van der Waals surface area (Å²) in [5.41, 5.74) is 3.87. The van der Waals surface area contributed by atoms with Gasteiger partial charge in [0, 0.05) is 36.8 Å². The highest BCUT2D eigenvalue weighted by atomic mass is 32.2. The molecular weight excluding hydrogens is 304 g/mol. The Bertz CT molecular complexity index is 630. The molecule has 1 aliphatic rings. The molecular formula is C19H24N2OS. The molecule has 0 bridgehead atoms. The number of thioether (sulfide) groups is 1. The Labute approximate surface area is 142 Å². The number of benzene rings is 2. The number of rotatable bonds is 6. The van der Waals surface area contributed by atoms with Crippen LogP contribution < -0.4 is 10.2 Å². The highest BCUT2D eigenvalue weighted by molar-refractivity contribution is 7.99. The molecule has 0 spiro atoms. The number of nitrogens with one attached hydrogen (secondary N) is 1. The van der Waals surface area contributed by atoms with Crippen molar-refractivity contribution in [1.29, 1.82) is 0 Å². The quantitative estimate of drug-likeness (QED) is 0.851. The van der Waals surface area contributed by atoms with Crippen molar-refractivity contribution in [2.24, 2.45) is 0 Å². The molecule has 2 N–H and O–H groups in total. The Morgan fingerprint density at radius 1 is 1.17 bits per heavy atom. The summed E-state index contributed by atoms with van der Waals surface area (Å²) >= 11 is 1.96. The first-order valence-electron chi connectivity index (χ1n) is 8.14. The molecule has 4 heteroatoms. The second-order valence-electron chi connectivity index (χ2n) is 5.92. The zero-order valence-electron chi connectivity index (χ0n) is 13.5. The predicted molar refractivity (Wildman–Crippen MR) is 98.2 cm³/mol. The van der Waals surface area contributed by atoms with Crippen LogP contribution in [0.4, 0.5) is 5.69 Å². The van der Waals surface area contributed by atoms with Crippen LogP contribution in [0, 0.1) is 0 Å². The van der Waals surface area contributed by atoms with E-state index in [4.69, 9.17) is 5.11 Å². The SMILES string of the molecule is CN(CCO)c1ccc(CN[C@@H]2CCSc3ccccc32)cc1. The summed E-state index contributed by atoms with van der Waals surface area (Å²) in [7, 11) is 2.00. The van der Waals surface area contributed by atoms with E-state index in [0.717, 1.165) is 12.2 Å². The Kier molecular flexibility index (Phi) is 5.60. The summed E-state index contributed by atoms with van der Waals surface area (Å²) in [4.78, 5) is 3.48. The molecule has 0 saturated carbocycles. The fourth-order valence-electron chi connectivity index (χ4n) is 2.94. The average Bonchev–Trinajstić information content (AvgIpc) is 2.60. The first-order valence-corrected chi connectivity index (χ1v) is 9.12. The van der Waals surface area contributed by atoms with Gasteiger partial charge in [0.05, 0.1) is 6.61 Å². The van der Waals surface area contributed by atoms with Gasteiger partial charge in [0.25, 0.3) is 0 Å². The van der Waals surface area contributed by atoms with Gasteiger partial charge < -0.3 is 15.3 Å². The first kappa shape index (κ1) is 16.4. The van der Waals surface area contributed by atoms with E-state index in [1.54, 1.807) is 0 Å². The largest absolute Gasteiger partial charge is 0.395 e. The highest BCUT2D eigenvalue weighted by Gasteiger charge is 2.19. The van der Waals surface area contributed by atoms with Crippen LogP contribution in [-0.2, 0) is 6.54 Å². The third-order valence-electron chi connectivity index (χ3n) is 4.32. The summed E-state index contributed by atoms with van der Waals surface area (Å²) in [6.07, 6.45) is 1.18. The Morgan fingerprint density at radius 3 is 2.74 bits per heavy atom. The molecule has 2 aromatic carbocycles. The number of hydrogen-bond acceptors (Lipinski definition) is 4. The number of aliphatic hydroxyl groups is 1. The van der Waals surface area contributed by atoms with E-state index in [9.17, 15) is 0 Å². The molecule has 2 aromatic rings. The van der Waals surface area contributed by atoms with Gasteiger partial charge in [0.2, 0.25) is 0 Å². The molecule has 3 nitrogen and oxygen atoms in total. The number of likely N-dealkylation sites (N-methyl/N-ethyl adjacent to an activating group) is 1. The molecule has 122 valence electrons. The molecule has 0 unspecified atom stereocenters. The lowest BCUT2D eigenvalue weighted by atomic mass is 10.0. The monoisotopic (exact) mass is 328 g/mol. The van der Waals surface area contributed by atoms with E-state index in [2.05, 4.69) is 58.7 Å². The fourth-order valence-corrected chi connectivity index (χ4v) is 4.07. The van der Waals surface area contributed by atoms with Gasteiger partial charge >= 0.3 is 0 Å². The van der Waals surface area contributed by atoms with Crippen molar-refractivity contribution in [2.75, 3.05) is 30.9 Å². The van der Waals surface area contributed by atoms with Crippen LogP contribution >= 0.6 is 11.8 Å². The van der Waals surface area contributed by atoms with Gasteiger partial charge in [-0.25, -0.2) is 0 Å². The zero-order valence-corrected chi connectivity index (χ0v) is 14.4. The number of fused-ring (bicyclic) bond motifs is 1. The smallest absolute Gasteiger partial charge is 0.0606 e. The fraction of sp³-hybridized carbons (Fsp3) is 0.368. The van der Waals surface area contributed by atoms with Gasteiger partial charge in [-0.1, -0.05) is 30.3 Å². The second-order valence-corrected chi connectivity index (χ2v) is 7.06. The van der Waals surface area contributed by atoms with Gasteiger partial charge in [0.15, 0.2) is 0 Å². The minimum atomic E-state index is 0.179. The van der Waals surface area contributed by atoms with E-state index >= 15 is 0 Å². The van der Waals surface area contributed by atoms with Crippen LogP contribution in [0.15, 0.2) is 53.4 Å². The summed E-state index contributed by atoms with van der Waals surface area (Å²) in [5, 5.41) is 12.7. The molecule has 23 heavy (non-hydrogen) atoms. The van der Waals surface area contributed by atoms with Crippen LogP contribution in [0.1, 0.15) is 23.6 Å². The Balaban J connectivity index is 1.61. The summed E-state index contributed by atoms with van der Waals surface area (Å²) in [5.74, 6) is 1.18. The predicted octanol–water partition coefficient (Wildman–Crippen LogP) is 3.44. The number of nitrogens with zero attached hydrogens (tertiary/aromatic N) is 1. The lowest BCUT2D eigenvalue weighted by Gasteiger charge is -2.26.